The first-order valence-electron chi connectivity index (χ1n) is 7.22. The zero-order valence-electron chi connectivity index (χ0n) is 12.5. The number of nitrogens with one attached hydrogen (secondary N) is 1. The Balaban J connectivity index is 2.02. The number of nitrogens with two attached hydrogens (primary N) is 1. The predicted octanol–water partition coefficient (Wildman–Crippen LogP) is 0.799. The Morgan fingerprint density at radius 2 is 2.43 bits per heavy atom. The van der Waals surface area contributed by atoms with E-state index in [1.54, 1.807) is 10.9 Å². The summed E-state index contributed by atoms with van der Waals surface area (Å²) < 4.78 is 7.55. The molecule has 2 aromatic rings. The summed E-state index contributed by atoms with van der Waals surface area (Å²) >= 11 is 0. The molecule has 3 atom stereocenters. The number of imidazole rings is 1. The third-order valence-electron chi connectivity index (χ3n) is 3.68. The number of rotatable bonds is 5. The largest absolute Gasteiger partial charge is 0.394 e. The average molecular weight is 319 g/mol. The van der Waals surface area contributed by atoms with Crippen molar-refractivity contribution < 1.29 is 9.84 Å². The quantitative estimate of drug-likeness (QED) is 0.417. The molecular weight excluding hydrogens is 302 g/mol. The fourth-order valence-corrected chi connectivity index (χ4v) is 2.71. The Hall–Kier alpha value is -2.62. The van der Waals surface area contributed by atoms with E-state index in [2.05, 4.69) is 30.3 Å². The summed E-state index contributed by atoms with van der Waals surface area (Å²) in [5.41, 5.74) is 15.4. The topological polar surface area (TPSA) is 160 Å². The zero-order chi connectivity index (χ0) is 16.4. The highest BCUT2D eigenvalue weighted by Crippen LogP contribution is 2.34. The number of nitrogens with zero attached hydrogens (tertiary/aromatic N) is 7. The third-order valence-corrected chi connectivity index (χ3v) is 3.68. The lowest BCUT2D eigenvalue weighted by Gasteiger charge is -2.15. The Morgan fingerprint density at radius 1 is 1.61 bits per heavy atom. The summed E-state index contributed by atoms with van der Waals surface area (Å²) in [6, 6.07) is -0.440. The van der Waals surface area contributed by atoms with E-state index in [0.29, 0.717) is 29.9 Å². The Bertz CT molecular complexity index is 754. The number of fused-ring (bicyclic) bond motifs is 1. The van der Waals surface area contributed by atoms with Crippen molar-refractivity contribution in [3.63, 3.8) is 0 Å². The van der Waals surface area contributed by atoms with E-state index in [1.165, 1.54) is 0 Å². The predicted molar refractivity (Wildman–Crippen MR) is 82.4 cm³/mol. The van der Waals surface area contributed by atoms with E-state index < -0.39 is 18.4 Å². The molecule has 0 radical (unpaired) electrons. The highest BCUT2D eigenvalue weighted by atomic mass is 16.5. The third kappa shape index (κ3) is 2.72. The van der Waals surface area contributed by atoms with E-state index >= 15 is 0 Å². The highest BCUT2D eigenvalue weighted by molar-refractivity contribution is 5.84. The molecule has 0 aromatic carbocycles. The van der Waals surface area contributed by atoms with Crippen molar-refractivity contribution in [3.05, 3.63) is 16.8 Å². The van der Waals surface area contributed by atoms with E-state index in [-0.39, 0.29) is 12.6 Å². The molecule has 1 unspecified atom stereocenters. The second-order valence-corrected chi connectivity index (χ2v) is 5.10. The minimum absolute atomic E-state index is 0.131. The molecule has 2 aromatic heterocycles. The van der Waals surface area contributed by atoms with Gasteiger partial charge in [0.25, 0.3) is 0 Å². The van der Waals surface area contributed by atoms with Crippen LogP contribution in [-0.4, -0.2) is 49.9 Å². The second-order valence-electron chi connectivity index (χ2n) is 5.10. The number of nitrogen functional groups attached to an aromatic ring is 1. The molecule has 0 bridgehead atoms. The lowest BCUT2D eigenvalue weighted by atomic mass is 10.1. The maximum Gasteiger partial charge on any atom is 0.224 e. The van der Waals surface area contributed by atoms with Crippen molar-refractivity contribution in [2.45, 2.75) is 31.7 Å². The van der Waals surface area contributed by atoms with Crippen molar-refractivity contribution in [1.82, 2.24) is 19.5 Å². The van der Waals surface area contributed by atoms with Crippen LogP contribution in [0.5, 0.6) is 0 Å². The van der Waals surface area contributed by atoms with Crippen LogP contribution in [0.2, 0.25) is 0 Å². The maximum atomic E-state index is 9.38. The summed E-state index contributed by atoms with van der Waals surface area (Å²) in [6.07, 6.45) is 1.02. The number of hydrogen-bond donors (Lipinski definition) is 3. The second kappa shape index (κ2) is 6.24. The van der Waals surface area contributed by atoms with Crippen LogP contribution >= 0.6 is 0 Å². The molecule has 1 aliphatic rings. The molecule has 11 nitrogen and oxygen atoms in total. The van der Waals surface area contributed by atoms with Crippen LogP contribution in [0.25, 0.3) is 21.6 Å². The van der Waals surface area contributed by atoms with Crippen molar-refractivity contribution in [1.29, 1.82) is 0 Å². The zero-order valence-corrected chi connectivity index (χ0v) is 12.5. The molecule has 0 amide bonds. The van der Waals surface area contributed by atoms with Gasteiger partial charge in [0, 0.05) is 17.9 Å². The molecule has 1 fully saturated rings. The summed E-state index contributed by atoms with van der Waals surface area (Å²) in [7, 11) is 0. The van der Waals surface area contributed by atoms with Gasteiger partial charge in [-0.2, -0.15) is 9.97 Å². The van der Waals surface area contributed by atoms with E-state index in [9.17, 15) is 5.11 Å². The maximum absolute atomic E-state index is 9.38. The van der Waals surface area contributed by atoms with Gasteiger partial charge in [0.1, 0.15) is 11.7 Å². The summed E-state index contributed by atoms with van der Waals surface area (Å²) in [5, 5.41) is 16.2. The van der Waals surface area contributed by atoms with Gasteiger partial charge in [-0.3, -0.25) is 4.57 Å². The summed E-state index contributed by atoms with van der Waals surface area (Å²) in [6.45, 7) is 2.37. The van der Waals surface area contributed by atoms with Crippen LogP contribution < -0.4 is 11.1 Å². The lowest BCUT2D eigenvalue weighted by molar-refractivity contribution is -0.0230. The smallest absolute Gasteiger partial charge is 0.224 e. The van der Waals surface area contributed by atoms with Crippen molar-refractivity contribution >= 4 is 22.9 Å². The molecular formula is C12H17N9O2. The monoisotopic (exact) mass is 319 g/mol. The number of azide groups is 1. The highest BCUT2D eigenvalue weighted by Gasteiger charge is 2.36. The van der Waals surface area contributed by atoms with E-state index in [0.717, 1.165) is 0 Å². The van der Waals surface area contributed by atoms with Gasteiger partial charge in [-0.25, -0.2) is 4.98 Å². The van der Waals surface area contributed by atoms with Gasteiger partial charge in [0.2, 0.25) is 5.95 Å². The first-order chi connectivity index (χ1) is 11.2. The molecule has 1 saturated heterocycles. The Kier molecular flexibility index (Phi) is 4.15. The van der Waals surface area contributed by atoms with Crippen molar-refractivity contribution in [2.75, 3.05) is 24.2 Å². The number of aromatic nitrogens is 4. The molecule has 23 heavy (non-hydrogen) atoms. The number of anilines is 2. The first kappa shape index (κ1) is 15.3. The molecule has 122 valence electrons. The van der Waals surface area contributed by atoms with Crippen LogP contribution in [0, 0.1) is 0 Å². The van der Waals surface area contributed by atoms with Crippen LogP contribution in [0.1, 0.15) is 19.6 Å². The van der Waals surface area contributed by atoms with Gasteiger partial charge in [-0.15, -0.1) is 0 Å². The molecule has 1 aliphatic heterocycles. The summed E-state index contributed by atoms with van der Waals surface area (Å²) in [4.78, 5) is 15.4. The molecule has 0 aliphatic carbocycles. The van der Waals surface area contributed by atoms with E-state index in [4.69, 9.17) is 16.0 Å². The average Bonchev–Trinajstić information content (AvgIpc) is 3.11. The molecule has 0 spiro atoms. The molecule has 3 heterocycles. The number of hydrogen-bond acceptors (Lipinski definition) is 8. The van der Waals surface area contributed by atoms with Crippen molar-refractivity contribution in [3.8, 4) is 0 Å². The number of aliphatic hydroxyl groups excluding tert-OH is 1. The van der Waals surface area contributed by atoms with Gasteiger partial charge in [-0.1, -0.05) is 5.11 Å². The SMILES string of the molecule is CCNc1nc(N)nc2ncn([C@H]3CC(N=[N+]=[N-])[C@@H](CO)O3)c12. The molecule has 11 heteroatoms. The van der Waals surface area contributed by atoms with E-state index in [1.807, 2.05) is 6.92 Å². The number of aliphatic hydroxyl groups is 1. The molecule has 0 saturated carbocycles. The van der Waals surface area contributed by atoms with Crippen LogP contribution in [0.4, 0.5) is 11.8 Å². The Labute approximate surface area is 131 Å². The van der Waals surface area contributed by atoms with Crippen LogP contribution in [0.15, 0.2) is 11.4 Å². The lowest BCUT2D eigenvalue weighted by Crippen LogP contribution is -2.22. The number of ether oxygens (including phenoxy) is 1. The van der Waals surface area contributed by atoms with Crippen LogP contribution in [0.3, 0.4) is 0 Å². The van der Waals surface area contributed by atoms with Gasteiger partial charge < -0.3 is 20.9 Å². The van der Waals surface area contributed by atoms with Gasteiger partial charge >= 0.3 is 0 Å². The summed E-state index contributed by atoms with van der Waals surface area (Å²) in [5.74, 6) is 0.690. The normalized spacial score (nSPS) is 23.8. The minimum atomic E-state index is -0.550. The van der Waals surface area contributed by atoms with Crippen molar-refractivity contribution in [2.24, 2.45) is 5.11 Å². The molecule has 3 rings (SSSR count). The first-order valence-corrected chi connectivity index (χ1v) is 7.22. The fourth-order valence-electron chi connectivity index (χ4n) is 2.71. The fraction of sp³-hybridized carbons (Fsp3) is 0.583. The van der Waals surface area contributed by atoms with Gasteiger partial charge in [-0.05, 0) is 12.5 Å². The van der Waals surface area contributed by atoms with Gasteiger partial charge in [0.05, 0.1) is 25.1 Å². The standard InChI is InChI=1S/C12H17N9O2/c1-2-15-10-9-11(18-12(13)17-10)16-5-21(9)8-3-6(19-20-14)7(4-22)23-8/h5-8,22H,2-4H2,1H3,(H3,13,15,17,18)/t6?,7-,8-/m1/s1. The van der Waals surface area contributed by atoms with Gasteiger partial charge in [0.15, 0.2) is 11.5 Å². The van der Waals surface area contributed by atoms with Crippen LogP contribution in [-0.2, 0) is 4.74 Å². The minimum Gasteiger partial charge on any atom is -0.394 e. The Morgan fingerprint density at radius 3 is 3.13 bits per heavy atom. The molecule has 4 N–H and O–H groups in total.